The van der Waals surface area contributed by atoms with Crippen LogP contribution in [-0.2, 0) is 11.3 Å². The van der Waals surface area contributed by atoms with E-state index in [0.717, 1.165) is 12.1 Å². The molecule has 2 rings (SSSR count). The molecule has 6 heteroatoms. The van der Waals surface area contributed by atoms with Crippen LogP contribution in [0.3, 0.4) is 0 Å². The number of fused-ring (bicyclic) bond motifs is 1. The lowest BCUT2D eigenvalue weighted by Crippen LogP contribution is -2.36. The lowest BCUT2D eigenvalue weighted by molar-refractivity contribution is 0.0233. The van der Waals surface area contributed by atoms with Crippen LogP contribution in [0.4, 0.5) is 13.6 Å². The van der Waals surface area contributed by atoms with Crippen molar-refractivity contribution in [2.75, 3.05) is 6.54 Å². The second kappa shape index (κ2) is 5.60. The second-order valence-electron chi connectivity index (χ2n) is 6.22. The van der Waals surface area contributed by atoms with Gasteiger partial charge in [-0.1, -0.05) is 0 Å². The average Bonchev–Trinajstić information content (AvgIpc) is 2.52. The van der Waals surface area contributed by atoms with E-state index in [1.54, 1.807) is 20.8 Å². The van der Waals surface area contributed by atoms with E-state index in [4.69, 9.17) is 10.5 Å². The number of carbonyl (C=O) groups is 1. The molecule has 0 saturated heterocycles. The van der Waals surface area contributed by atoms with Gasteiger partial charge in [0.15, 0.2) is 0 Å². The highest BCUT2D eigenvalue weighted by atomic mass is 19.1. The summed E-state index contributed by atoms with van der Waals surface area (Å²) in [4.78, 5) is 13.5. The maximum atomic E-state index is 14.0. The third kappa shape index (κ3) is 3.50. The van der Waals surface area contributed by atoms with Crippen molar-refractivity contribution in [3.8, 4) is 0 Å². The highest BCUT2D eigenvalue weighted by Gasteiger charge is 2.30. The molecule has 1 aliphatic rings. The monoisotopic (exact) mass is 298 g/mol. The van der Waals surface area contributed by atoms with Gasteiger partial charge in [-0.3, -0.25) is 0 Å². The normalized spacial score (nSPS) is 19.0. The van der Waals surface area contributed by atoms with Gasteiger partial charge in [0.1, 0.15) is 17.2 Å². The molecular weight excluding hydrogens is 278 g/mol. The first-order valence-electron chi connectivity index (χ1n) is 6.89. The number of carbonyl (C=O) groups excluding carboxylic acids is 1. The van der Waals surface area contributed by atoms with Gasteiger partial charge in [0.25, 0.3) is 0 Å². The molecule has 0 aromatic heterocycles. The molecule has 1 aromatic carbocycles. The fourth-order valence-corrected chi connectivity index (χ4v) is 2.36. The van der Waals surface area contributed by atoms with E-state index < -0.39 is 29.4 Å². The third-order valence-electron chi connectivity index (χ3n) is 3.33. The second-order valence-corrected chi connectivity index (χ2v) is 6.22. The van der Waals surface area contributed by atoms with Gasteiger partial charge in [-0.05, 0) is 39.3 Å². The molecule has 1 aliphatic heterocycles. The number of ether oxygens (including phenoxy) is 1. The summed E-state index contributed by atoms with van der Waals surface area (Å²) in [6, 6.07) is 1.49. The van der Waals surface area contributed by atoms with E-state index in [1.165, 1.54) is 4.90 Å². The topological polar surface area (TPSA) is 55.6 Å². The number of benzene rings is 1. The number of rotatable bonds is 0. The number of halogens is 2. The number of nitrogens with zero attached hydrogens (tertiary/aromatic N) is 1. The van der Waals surface area contributed by atoms with Crippen molar-refractivity contribution >= 4 is 6.09 Å². The Bertz CT molecular complexity index is 555. The van der Waals surface area contributed by atoms with Crippen LogP contribution in [0, 0.1) is 11.6 Å². The molecule has 0 bridgehead atoms. The summed E-state index contributed by atoms with van der Waals surface area (Å²) in [5.41, 5.74) is 5.56. The molecule has 0 radical (unpaired) electrons. The van der Waals surface area contributed by atoms with Crippen molar-refractivity contribution < 1.29 is 18.3 Å². The average molecular weight is 298 g/mol. The summed E-state index contributed by atoms with van der Waals surface area (Å²) in [6.45, 7) is 5.51. The first-order chi connectivity index (χ1) is 9.69. The van der Waals surface area contributed by atoms with Gasteiger partial charge >= 0.3 is 6.09 Å². The Balaban J connectivity index is 2.31. The first kappa shape index (κ1) is 15.7. The van der Waals surface area contributed by atoms with Crippen LogP contribution >= 0.6 is 0 Å². The minimum atomic E-state index is -0.644. The van der Waals surface area contributed by atoms with Crippen molar-refractivity contribution in [2.24, 2.45) is 5.73 Å². The predicted octanol–water partition coefficient (Wildman–Crippen LogP) is 3.11. The van der Waals surface area contributed by atoms with E-state index in [2.05, 4.69) is 0 Å². The van der Waals surface area contributed by atoms with Gasteiger partial charge in [0, 0.05) is 23.7 Å². The predicted molar refractivity (Wildman–Crippen MR) is 74.5 cm³/mol. The van der Waals surface area contributed by atoms with Crippen LogP contribution in [-0.4, -0.2) is 23.1 Å². The molecule has 1 aromatic rings. The smallest absolute Gasteiger partial charge is 0.410 e. The molecule has 0 spiro atoms. The van der Waals surface area contributed by atoms with E-state index in [9.17, 15) is 13.6 Å². The fourth-order valence-electron chi connectivity index (χ4n) is 2.36. The zero-order valence-corrected chi connectivity index (χ0v) is 12.5. The quantitative estimate of drug-likeness (QED) is 0.800. The van der Waals surface area contributed by atoms with Crippen molar-refractivity contribution in [3.63, 3.8) is 0 Å². The van der Waals surface area contributed by atoms with Crippen molar-refractivity contribution in [2.45, 2.75) is 45.4 Å². The number of hydrogen-bond donors (Lipinski definition) is 1. The highest BCUT2D eigenvalue weighted by Crippen LogP contribution is 2.30. The van der Waals surface area contributed by atoms with Crippen LogP contribution in [0.2, 0.25) is 0 Å². The number of amides is 1. The zero-order chi connectivity index (χ0) is 15.8. The van der Waals surface area contributed by atoms with Gasteiger partial charge in [-0.25, -0.2) is 13.6 Å². The highest BCUT2D eigenvalue weighted by molar-refractivity contribution is 5.68. The first-order valence-corrected chi connectivity index (χ1v) is 6.89. The van der Waals surface area contributed by atoms with Crippen LogP contribution < -0.4 is 5.73 Å². The van der Waals surface area contributed by atoms with Crippen LogP contribution in [0.15, 0.2) is 12.1 Å². The fraction of sp³-hybridized carbons (Fsp3) is 0.533. The van der Waals surface area contributed by atoms with Crippen LogP contribution in [0.1, 0.15) is 44.4 Å². The number of nitrogens with two attached hydrogens (primary N) is 1. The van der Waals surface area contributed by atoms with E-state index in [0.29, 0.717) is 13.0 Å². The summed E-state index contributed by atoms with van der Waals surface area (Å²) >= 11 is 0. The Morgan fingerprint density at radius 3 is 2.57 bits per heavy atom. The Kier molecular flexibility index (Phi) is 4.18. The van der Waals surface area contributed by atoms with Gasteiger partial charge in [-0.2, -0.15) is 0 Å². The maximum Gasteiger partial charge on any atom is 0.410 e. The minimum Gasteiger partial charge on any atom is -0.444 e. The third-order valence-corrected chi connectivity index (χ3v) is 3.33. The summed E-state index contributed by atoms with van der Waals surface area (Å²) < 4.78 is 33.2. The molecule has 0 fully saturated rings. The van der Waals surface area contributed by atoms with Crippen molar-refractivity contribution in [3.05, 3.63) is 34.9 Å². The Morgan fingerprint density at radius 1 is 1.33 bits per heavy atom. The van der Waals surface area contributed by atoms with Crippen LogP contribution in [0.25, 0.3) is 0 Å². The molecule has 0 saturated carbocycles. The standard InChI is InChI=1S/C15H20F2N2O2/c1-15(2,3)21-14(20)19-7-6-12(18)13-9(8-19)10(16)4-5-11(13)17/h4-5,12H,6-8,18H2,1-3H3/t12-/m1/s1. The minimum absolute atomic E-state index is 0.0401. The molecule has 21 heavy (non-hydrogen) atoms. The van der Waals surface area contributed by atoms with Gasteiger partial charge in [-0.15, -0.1) is 0 Å². The number of hydrogen-bond acceptors (Lipinski definition) is 3. The summed E-state index contributed by atoms with van der Waals surface area (Å²) in [5, 5.41) is 0. The Morgan fingerprint density at radius 2 is 1.95 bits per heavy atom. The molecule has 1 amide bonds. The molecule has 4 nitrogen and oxygen atoms in total. The lowest BCUT2D eigenvalue weighted by Gasteiger charge is -2.26. The van der Waals surface area contributed by atoms with E-state index in [-0.39, 0.29) is 17.7 Å². The van der Waals surface area contributed by atoms with Crippen molar-refractivity contribution in [1.29, 1.82) is 0 Å². The lowest BCUT2D eigenvalue weighted by atomic mass is 9.99. The molecule has 0 aliphatic carbocycles. The summed E-state index contributed by atoms with van der Waals surface area (Å²) in [6.07, 6.45) is -0.196. The largest absolute Gasteiger partial charge is 0.444 e. The van der Waals surface area contributed by atoms with Gasteiger partial charge < -0.3 is 15.4 Å². The summed E-state index contributed by atoms with van der Waals surface area (Å²) in [7, 11) is 0. The Labute approximate surface area is 122 Å². The molecule has 116 valence electrons. The van der Waals surface area contributed by atoms with E-state index >= 15 is 0 Å². The Hall–Kier alpha value is -1.69. The maximum absolute atomic E-state index is 14.0. The van der Waals surface area contributed by atoms with Crippen molar-refractivity contribution in [1.82, 2.24) is 4.90 Å². The molecular formula is C15H20F2N2O2. The molecule has 1 heterocycles. The molecule has 2 N–H and O–H groups in total. The SMILES string of the molecule is CC(C)(C)OC(=O)N1CC[C@@H](N)c2c(F)ccc(F)c2C1. The van der Waals surface area contributed by atoms with Gasteiger partial charge in [0.05, 0.1) is 6.54 Å². The summed E-state index contributed by atoms with van der Waals surface area (Å²) in [5.74, 6) is -1.10. The van der Waals surface area contributed by atoms with E-state index in [1.807, 2.05) is 0 Å². The molecule has 1 atom stereocenters. The molecule has 0 unspecified atom stereocenters. The van der Waals surface area contributed by atoms with Crippen LogP contribution in [0.5, 0.6) is 0 Å². The zero-order valence-electron chi connectivity index (χ0n) is 12.5. The van der Waals surface area contributed by atoms with Gasteiger partial charge in [0.2, 0.25) is 0 Å².